The molecule has 1 aromatic rings. The quantitative estimate of drug-likeness (QED) is 0.839. The molecule has 1 heterocycles. The normalized spacial score (nSPS) is 20.6. The minimum absolute atomic E-state index is 0.0313. The fraction of sp³-hybridized carbons (Fsp3) is 0.538. The van der Waals surface area contributed by atoms with E-state index in [-0.39, 0.29) is 16.2 Å². The number of rotatable bonds is 4. The summed E-state index contributed by atoms with van der Waals surface area (Å²) in [6.45, 7) is 4.80. The van der Waals surface area contributed by atoms with E-state index in [4.69, 9.17) is 18.0 Å². The van der Waals surface area contributed by atoms with Gasteiger partial charge >= 0.3 is 6.18 Å². The second-order valence-corrected chi connectivity index (χ2v) is 6.17. The van der Waals surface area contributed by atoms with Crippen molar-refractivity contribution in [3.63, 3.8) is 0 Å². The minimum Gasteiger partial charge on any atom is -0.389 e. The summed E-state index contributed by atoms with van der Waals surface area (Å²) in [6, 6.07) is 2.15. The zero-order valence-electron chi connectivity index (χ0n) is 11.2. The molecule has 0 amide bonds. The molecule has 0 aromatic carbocycles. The van der Waals surface area contributed by atoms with Gasteiger partial charge in [0.05, 0.1) is 5.56 Å². The summed E-state index contributed by atoms with van der Waals surface area (Å²) in [5, 5.41) is 2.95. The Hall–Kier alpha value is -1.37. The van der Waals surface area contributed by atoms with E-state index in [9.17, 15) is 13.2 Å². The van der Waals surface area contributed by atoms with Crippen molar-refractivity contribution < 1.29 is 13.2 Å². The Balaban J connectivity index is 2.21. The monoisotopic (exact) mass is 303 g/mol. The molecule has 0 bridgehead atoms. The fourth-order valence-electron chi connectivity index (χ4n) is 2.10. The van der Waals surface area contributed by atoms with Crippen molar-refractivity contribution in [2.24, 2.45) is 17.1 Å². The molecule has 1 unspecified atom stereocenters. The Morgan fingerprint density at radius 2 is 2.10 bits per heavy atom. The zero-order chi connectivity index (χ0) is 15.1. The number of hydrogen-bond donors (Lipinski definition) is 2. The van der Waals surface area contributed by atoms with Gasteiger partial charge in [0, 0.05) is 6.54 Å². The van der Waals surface area contributed by atoms with Crippen LogP contribution in [0.3, 0.4) is 0 Å². The van der Waals surface area contributed by atoms with Gasteiger partial charge in [0.15, 0.2) is 0 Å². The number of halogens is 3. The van der Waals surface area contributed by atoms with E-state index < -0.39 is 11.9 Å². The number of nitrogens with two attached hydrogens (primary N) is 1. The second kappa shape index (κ2) is 4.87. The highest BCUT2D eigenvalue weighted by molar-refractivity contribution is 7.80. The summed E-state index contributed by atoms with van der Waals surface area (Å²) in [6.07, 6.45) is -3.44. The van der Waals surface area contributed by atoms with Crippen LogP contribution in [0.4, 0.5) is 19.0 Å². The number of aromatic nitrogens is 1. The smallest absolute Gasteiger partial charge is 0.389 e. The van der Waals surface area contributed by atoms with Gasteiger partial charge in [0.25, 0.3) is 0 Å². The molecule has 1 saturated carbocycles. The zero-order valence-corrected chi connectivity index (χ0v) is 12.0. The number of anilines is 1. The van der Waals surface area contributed by atoms with Crippen LogP contribution in [0.25, 0.3) is 0 Å². The number of nitrogens with zero attached hydrogens (tertiary/aromatic N) is 1. The van der Waals surface area contributed by atoms with Crippen LogP contribution in [0.1, 0.15) is 31.5 Å². The third kappa shape index (κ3) is 3.20. The molecule has 1 aliphatic rings. The van der Waals surface area contributed by atoms with Crippen LogP contribution in [0.5, 0.6) is 0 Å². The summed E-state index contributed by atoms with van der Waals surface area (Å²) in [4.78, 5) is 3.64. The molecule has 110 valence electrons. The van der Waals surface area contributed by atoms with Gasteiger partial charge < -0.3 is 11.1 Å². The number of thiocarbonyl (C=S) groups is 1. The molecule has 1 fully saturated rings. The lowest BCUT2D eigenvalue weighted by Gasteiger charge is -2.14. The minimum atomic E-state index is -4.48. The lowest BCUT2D eigenvalue weighted by atomic mass is 10.1. The van der Waals surface area contributed by atoms with Crippen molar-refractivity contribution in [3.8, 4) is 0 Å². The topological polar surface area (TPSA) is 50.9 Å². The molecule has 3 nitrogen and oxygen atoms in total. The molecular weight excluding hydrogens is 287 g/mol. The Kier molecular flexibility index (Phi) is 3.66. The molecule has 3 N–H and O–H groups in total. The van der Waals surface area contributed by atoms with Gasteiger partial charge in [-0.2, -0.15) is 13.2 Å². The van der Waals surface area contributed by atoms with Gasteiger partial charge in [-0.25, -0.2) is 4.98 Å². The largest absolute Gasteiger partial charge is 0.433 e. The highest BCUT2D eigenvalue weighted by Crippen LogP contribution is 2.51. The molecule has 1 aromatic heterocycles. The third-order valence-corrected chi connectivity index (χ3v) is 3.90. The number of nitrogens with one attached hydrogen (secondary N) is 1. The lowest BCUT2D eigenvalue weighted by Crippen LogP contribution is -2.19. The summed E-state index contributed by atoms with van der Waals surface area (Å²) < 4.78 is 38.0. The average Bonchev–Trinajstić information content (AvgIpc) is 2.92. The van der Waals surface area contributed by atoms with E-state index in [1.54, 1.807) is 0 Å². The standard InChI is InChI=1S/C13H16F3N3S/c1-12(2)5-7(12)6-18-11-8(10(17)20)3-4-9(19-11)13(14,15)16/h3-4,7H,5-6H2,1-2H3,(H2,17,20)(H,18,19). The molecular formula is C13H16F3N3S. The molecule has 1 aliphatic carbocycles. The van der Waals surface area contributed by atoms with E-state index >= 15 is 0 Å². The van der Waals surface area contributed by atoms with Gasteiger partial charge in [-0.1, -0.05) is 26.1 Å². The van der Waals surface area contributed by atoms with Gasteiger partial charge in [0.1, 0.15) is 16.5 Å². The van der Waals surface area contributed by atoms with E-state index in [1.165, 1.54) is 6.07 Å². The number of hydrogen-bond acceptors (Lipinski definition) is 3. The molecule has 1 atom stereocenters. The van der Waals surface area contributed by atoms with E-state index in [1.807, 2.05) is 0 Å². The van der Waals surface area contributed by atoms with Gasteiger partial charge in [-0.3, -0.25) is 0 Å². The highest BCUT2D eigenvalue weighted by atomic mass is 32.1. The van der Waals surface area contributed by atoms with E-state index in [2.05, 4.69) is 24.1 Å². The Bertz CT molecular complexity index is 540. The number of pyridine rings is 1. The van der Waals surface area contributed by atoms with Crippen LogP contribution in [-0.2, 0) is 6.18 Å². The molecule has 0 radical (unpaired) electrons. The van der Waals surface area contributed by atoms with Crippen molar-refractivity contribution in [1.29, 1.82) is 0 Å². The van der Waals surface area contributed by atoms with Crippen LogP contribution in [-0.4, -0.2) is 16.5 Å². The Morgan fingerprint density at radius 3 is 2.55 bits per heavy atom. The van der Waals surface area contributed by atoms with Crippen molar-refractivity contribution >= 4 is 23.0 Å². The van der Waals surface area contributed by atoms with Crippen LogP contribution in [0.2, 0.25) is 0 Å². The lowest BCUT2D eigenvalue weighted by molar-refractivity contribution is -0.141. The molecule has 0 spiro atoms. The molecule has 7 heteroatoms. The summed E-state index contributed by atoms with van der Waals surface area (Å²) in [5.74, 6) is 0.535. The fourth-order valence-corrected chi connectivity index (χ4v) is 2.26. The first kappa shape index (κ1) is 15.0. The average molecular weight is 303 g/mol. The predicted molar refractivity (Wildman–Crippen MR) is 75.5 cm³/mol. The third-order valence-electron chi connectivity index (χ3n) is 3.68. The first-order valence-corrected chi connectivity index (χ1v) is 6.64. The first-order valence-electron chi connectivity index (χ1n) is 6.23. The van der Waals surface area contributed by atoms with Gasteiger partial charge in [-0.05, 0) is 29.9 Å². The Morgan fingerprint density at radius 1 is 1.50 bits per heavy atom. The van der Waals surface area contributed by atoms with Crippen LogP contribution in [0, 0.1) is 11.3 Å². The summed E-state index contributed by atoms with van der Waals surface area (Å²) >= 11 is 4.84. The van der Waals surface area contributed by atoms with Crippen molar-refractivity contribution in [2.75, 3.05) is 11.9 Å². The van der Waals surface area contributed by atoms with E-state index in [0.29, 0.717) is 18.0 Å². The predicted octanol–water partition coefficient (Wildman–Crippen LogP) is 3.19. The molecule has 20 heavy (non-hydrogen) atoms. The van der Waals surface area contributed by atoms with Gasteiger partial charge in [-0.15, -0.1) is 0 Å². The SMILES string of the molecule is CC1(C)CC1CNc1nc(C(F)(F)F)ccc1C(N)=S. The van der Waals surface area contributed by atoms with Crippen molar-refractivity contribution in [1.82, 2.24) is 4.98 Å². The van der Waals surface area contributed by atoms with Crippen molar-refractivity contribution in [2.45, 2.75) is 26.4 Å². The Labute approximate surface area is 120 Å². The molecule has 0 aliphatic heterocycles. The maximum atomic E-state index is 12.7. The molecule has 2 rings (SSSR count). The van der Waals surface area contributed by atoms with Crippen LogP contribution in [0.15, 0.2) is 12.1 Å². The maximum Gasteiger partial charge on any atom is 0.433 e. The number of alkyl halides is 3. The van der Waals surface area contributed by atoms with Crippen LogP contribution >= 0.6 is 12.2 Å². The summed E-state index contributed by atoms with van der Waals surface area (Å²) in [7, 11) is 0. The maximum absolute atomic E-state index is 12.7. The summed E-state index contributed by atoms with van der Waals surface area (Å²) in [5.41, 5.74) is 5.14. The van der Waals surface area contributed by atoms with Crippen molar-refractivity contribution in [3.05, 3.63) is 23.4 Å². The van der Waals surface area contributed by atoms with Gasteiger partial charge in [0.2, 0.25) is 0 Å². The van der Waals surface area contributed by atoms with Crippen LogP contribution < -0.4 is 11.1 Å². The van der Waals surface area contributed by atoms with E-state index in [0.717, 1.165) is 12.5 Å². The highest BCUT2D eigenvalue weighted by Gasteiger charge is 2.45. The molecule has 0 saturated heterocycles. The second-order valence-electron chi connectivity index (χ2n) is 5.73. The first-order chi connectivity index (χ1) is 9.11.